The van der Waals surface area contributed by atoms with Crippen molar-refractivity contribution in [1.82, 2.24) is 14.9 Å². The summed E-state index contributed by atoms with van der Waals surface area (Å²) in [4.78, 5) is 53.9. The number of amides is 3. The standard InChI is InChI=1S/C29H38N4O7S/c1-28(14-15-28)41(39,40)32-27(38)29-18-20(29)10-5-3-2-4-6-12-22(30-21-11-7-9-19(17-21)26(36)37)25(35)33-16-8-13-23(33)24(34)31-29/h5,7,9-11,17,20,22-23,30H,2-4,6,8,12-16,18H2,1H3,(H,31,34)(H,32,38)(H,36,37)/b10-5-/t20-,22+,23+,29-/m1/s1. The van der Waals surface area contributed by atoms with E-state index in [2.05, 4.69) is 15.4 Å². The molecule has 1 saturated heterocycles. The lowest BCUT2D eigenvalue weighted by Crippen LogP contribution is -2.58. The van der Waals surface area contributed by atoms with Gasteiger partial charge < -0.3 is 20.6 Å². The lowest BCUT2D eigenvalue weighted by Gasteiger charge is -2.30. The second-order valence-corrected chi connectivity index (χ2v) is 14.2. The SMILES string of the molecule is CC1(S(=O)(=O)NC(=O)[C@@]23C[C@H]2/C=C\CCCCC[C@H](Nc2cccc(C(=O)O)c2)C(=O)N2CCC[C@H]2C(=O)N3)CC1. The van der Waals surface area contributed by atoms with E-state index in [0.717, 1.165) is 25.7 Å². The number of hydrogen-bond donors (Lipinski definition) is 4. The minimum atomic E-state index is -3.89. The van der Waals surface area contributed by atoms with Crippen LogP contribution in [0.5, 0.6) is 0 Å². The number of carboxylic acids is 1. The van der Waals surface area contributed by atoms with Gasteiger partial charge in [-0.1, -0.05) is 31.1 Å². The van der Waals surface area contributed by atoms with Crippen molar-refractivity contribution < 1.29 is 32.7 Å². The van der Waals surface area contributed by atoms with Crippen molar-refractivity contribution in [3.63, 3.8) is 0 Å². The van der Waals surface area contributed by atoms with Crippen LogP contribution in [0.2, 0.25) is 0 Å². The molecule has 2 heterocycles. The molecule has 1 aromatic rings. The highest BCUT2D eigenvalue weighted by atomic mass is 32.2. The van der Waals surface area contributed by atoms with E-state index in [1.165, 1.54) is 17.0 Å². The van der Waals surface area contributed by atoms with E-state index in [1.807, 2.05) is 12.2 Å². The Morgan fingerprint density at radius 2 is 1.88 bits per heavy atom. The van der Waals surface area contributed by atoms with Crippen LogP contribution >= 0.6 is 0 Å². The number of nitrogens with one attached hydrogen (secondary N) is 3. The number of allylic oxidation sites excluding steroid dienone is 1. The van der Waals surface area contributed by atoms with Crippen LogP contribution in [0, 0.1) is 5.92 Å². The van der Waals surface area contributed by atoms with Crippen molar-refractivity contribution in [2.75, 3.05) is 11.9 Å². The van der Waals surface area contributed by atoms with Crippen molar-refractivity contribution in [2.24, 2.45) is 5.92 Å². The lowest BCUT2D eigenvalue weighted by atomic mass is 10.0. The summed E-state index contributed by atoms with van der Waals surface area (Å²) in [5.74, 6) is -2.86. The van der Waals surface area contributed by atoms with Crippen molar-refractivity contribution in [2.45, 2.75) is 93.5 Å². The quantitative estimate of drug-likeness (QED) is 0.370. The van der Waals surface area contributed by atoms with Crippen LogP contribution in [-0.4, -0.2) is 71.0 Å². The largest absolute Gasteiger partial charge is 0.478 e. The van der Waals surface area contributed by atoms with Crippen LogP contribution in [0.1, 0.15) is 81.5 Å². The summed E-state index contributed by atoms with van der Waals surface area (Å²) >= 11 is 0. The molecule has 0 radical (unpaired) electrons. The van der Waals surface area contributed by atoms with Gasteiger partial charge in [-0.2, -0.15) is 0 Å². The van der Waals surface area contributed by atoms with Crippen molar-refractivity contribution in [1.29, 1.82) is 0 Å². The molecule has 4 aliphatic rings. The first-order chi connectivity index (χ1) is 19.5. The Labute approximate surface area is 240 Å². The average molecular weight is 587 g/mol. The van der Waals surface area contributed by atoms with Gasteiger partial charge in [0, 0.05) is 18.2 Å². The molecule has 1 aromatic carbocycles. The Morgan fingerprint density at radius 1 is 1.10 bits per heavy atom. The summed E-state index contributed by atoms with van der Waals surface area (Å²) in [5.41, 5.74) is -0.769. The summed E-state index contributed by atoms with van der Waals surface area (Å²) < 4.78 is 26.9. The lowest BCUT2D eigenvalue weighted by molar-refractivity contribution is -0.140. The van der Waals surface area contributed by atoms with Crippen LogP contribution in [0.15, 0.2) is 36.4 Å². The topological polar surface area (TPSA) is 162 Å². The fourth-order valence-corrected chi connectivity index (χ4v) is 7.13. The van der Waals surface area contributed by atoms with Gasteiger partial charge in [-0.15, -0.1) is 0 Å². The molecule has 0 bridgehead atoms. The minimum absolute atomic E-state index is 0.102. The summed E-state index contributed by atoms with van der Waals surface area (Å²) in [6.07, 6.45) is 9.89. The molecule has 2 saturated carbocycles. The highest BCUT2D eigenvalue weighted by molar-refractivity contribution is 7.91. The van der Waals surface area contributed by atoms with Gasteiger partial charge in [0.2, 0.25) is 21.8 Å². The van der Waals surface area contributed by atoms with E-state index < -0.39 is 50.2 Å². The van der Waals surface area contributed by atoms with E-state index in [0.29, 0.717) is 44.3 Å². The van der Waals surface area contributed by atoms with Gasteiger partial charge in [0.1, 0.15) is 17.6 Å². The van der Waals surface area contributed by atoms with E-state index in [-0.39, 0.29) is 23.8 Å². The summed E-state index contributed by atoms with van der Waals surface area (Å²) in [5, 5.41) is 15.4. The van der Waals surface area contributed by atoms with Crippen molar-refractivity contribution in [3.8, 4) is 0 Å². The summed E-state index contributed by atoms with van der Waals surface area (Å²) in [6, 6.07) is 4.82. The Bertz CT molecular complexity index is 1370. The molecule has 12 heteroatoms. The predicted molar refractivity (Wildman–Crippen MR) is 151 cm³/mol. The number of aromatic carboxylic acids is 1. The number of benzene rings is 1. The van der Waals surface area contributed by atoms with Crippen LogP contribution in [0.4, 0.5) is 5.69 Å². The fourth-order valence-electron chi connectivity index (χ4n) is 5.82. The number of hydrogen-bond acceptors (Lipinski definition) is 7. The van der Waals surface area contributed by atoms with E-state index >= 15 is 0 Å². The second-order valence-electron chi connectivity index (χ2n) is 12.0. The van der Waals surface area contributed by atoms with Gasteiger partial charge in [-0.3, -0.25) is 19.1 Å². The van der Waals surface area contributed by atoms with Gasteiger partial charge in [-0.05, 0) is 76.5 Å². The molecule has 0 spiro atoms. The number of fused-ring (bicyclic) bond motifs is 2. The van der Waals surface area contributed by atoms with Gasteiger partial charge in [0.05, 0.1) is 10.3 Å². The van der Waals surface area contributed by atoms with Gasteiger partial charge in [0.25, 0.3) is 5.91 Å². The number of rotatable bonds is 6. The monoisotopic (exact) mass is 586 g/mol. The van der Waals surface area contributed by atoms with Crippen molar-refractivity contribution >= 4 is 39.4 Å². The zero-order chi connectivity index (χ0) is 29.4. The highest BCUT2D eigenvalue weighted by Gasteiger charge is 2.62. The Kier molecular flexibility index (Phi) is 7.88. The molecule has 41 heavy (non-hydrogen) atoms. The first kappa shape index (κ1) is 29.1. The number of carbonyl (C=O) groups excluding carboxylic acids is 3. The molecule has 5 rings (SSSR count). The van der Waals surface area contributed by atoms with Gasteiger partial charge in [-0.25, -0.2) is 13.2 Å². The zero-order valence-corrected chi connectivity index (χ0v) is 24.0. The molecule has 3 amide bonds. The molecular weight excluding hydrogens is 548 g/mol. The maximum atomic E-state index is 13.8. The molecule has 0 unspecified atom stereocenters. The van der Waals surface area contributed by atoms with Gasteiger partial charge in [0.15, 0.2) is 0 Å². The van der Waals surface area contributed by atoms with Crippen molar-refractivity contribution in [3.05, 3.63) is 42.0 Å². The number of nitrogens with zero attached hydrogens (tertiary/aromatic N) is 1. The number of carboxylic acid groups (broad SMARTS) is 1. The van der Waals surface area contributed by atoms with Gasteiger partial charge >= 0.3 is 5.97 Å². The summed E-state index contributed by atoms with van der Waals surface area (Å²) in [7, 11) is -3.89. The average Bonchev–Trinajstić information content (AvgIpc) is 3.79. The fraction of sp³-hybridized carbons (Fsp3) is 0.586. The van der Waals surface area contributed by atoms with Crippen LogP contribution in [0.25, 0.3) is 0 Å². The molecule has 2 aliphatic carbocycles. The first-order valence-electron chi connectivity index (χ1n) is 14.4. The maximum Gasteiger partial charge on any atom is 0.335 e. The normalized spacial score (nSPS) is 30.5. The molecule has 4 N–H and O–H groups in total. The van der Waals surface area contributed by atoms with Crippen LogP contribution in [0.3, 0.4) is 0 Å². The molecular formula is C29H38N4O7S. The second kappa shape index (κ2) is 11.1. The smallest absolute Gasteiger partial charge is 0.335 e. The first-order valence-corrected chi connectivity index (χ1v) is 15.9. The molecule has 0 aromatic heterocycles. The predicted octanol–water partition coefficient (Wildman–Crippen LogP) is 2.55. The minimum Gasteiger partial charge on any atom is -0.478 e. The van der Waals surface area contributed by atoms with E-state index in [4.69, 9.17) is 0 Å². The molecule has 3 fully saturated rings. The molecule has 4 atom stereocenters. The van der Waals surface area contributed by atoms with Crippen LogP contribution in [-0.2, 0) is 24.4 Å². The van der Waals surface area contributed by atoms with Crippen LogP contribution < -0.4 is 15.4 Å². The maximum absolute atomic E-state index is 13.8. The molecule has 11 nitrogen and oxygen atoms in total. The third-order valence-corrected chi connectivity index (χ3v) is 11.1. The Hall–Kier alpha value is -3.41. The zero-order valence-electron chi connectivity index (χ0n) is 23.2. The molecule has 222 valence electrons. The molecule has 2 aliphatic heterocycles. The van der Waals surface area contributed by atoms with E-state index in [9.17, 15) is 32.7 Å². The third kappa shape index (κ3) is 5.98. The van der Waals surface area contributed by atoms with E-state index in [1.54, 1.807) is 19.1 Å². The highest BCUT2D eigenvalue weighted by Crippen LogP contribution is 2.47. The Morgan fingerprint density at radius 3 is 2.61 bits per heavy atom. The summed E-state index contributed by atoms with van der Waals surface area (Å²) in [6.45, 7) is 1.98. The number of anilines is 1. The third-order valence-electron chi connectivity index (χ3n) is 8.92. The Balaban J connectivity index is 1.38. The number of sulfonamides is 1. The number of carbonyl (C=O) groups is 4.